The van der Waals surface area contributed by atoms with Gasteiger partial charge < -0.3 is 14.8 Å². The van der Waals surface area contributed by atoms with Crippen LogP contribution in [-0.2, 0) is 14.8 Å². The van der Waals surface area contributed by atoms with E-state index in [1.165, 1.54) is 14.2 Å². The van der Waals surface area contributed by atoms with Crippen LogP contribution < -0.4 is 19.5 Å². The lowest BCUT2D eigenvalue weighted by atomic mass is 10.1. The quantitative estimate of drug-likeness (QED) is 0.681. The molecule has 0 aromatic heterocycles. The zero-order valence-electron chi connectivity index (χ0n) is 16.4. The Morgan fingerprint density at radius 1 is 1.10 bits per heavy atom. The second-order valence-electron chi connectivity index (χ2n) is 6.87. The molecule has 9 heteroatoms. The fourth-order valence-electron chi connectivity index (χ4n) is 2.85. The van der Waals surface area contributed by atoms with E-state index >= 15 is 0 Å². The van der Waals surface area contributed by atoms with E-state index in [-0.39, 0.29) is 23.3 Å². The number of carbonyl (C=O) groups excluding carboxylic acids is 1. The van der Waals surface area contributed by atoms with Gasteiger partial charge in [-0.1, -0.05) is 12.1 Å². The molecule has 0 radical (unpaired) electrons. The first-order valence-corrected chi connectivity index (χ1v) is 10.6. The fourth-order valence-corrected chi connectivity index (χ4v) is 4.16. The van der Waals surface area contributed by atoms with E-state index in [0.29, 0.717) is 11.3 Å². The Balaban J connectivity index is 1.75. The molecule has 0 saturated heterocycles. The number of hydrogen-bond donors (Lipinski definition) is 2. The second-order valence-corrected chi connectivity index (χ2v) is 8.55. The molecule has 0 aliphatic heterocycles. The van der Waals surface area contributed by atoms with Crippen molar-refractivity contribution in [3.63, 3.8) is 0 Å². The summed E-state index contributed by atoms with van der Waals surface area (Å²) in [6.45, 7) is 1.65. The van der Waals surface area contributed by atoms with Crippen LogP contribution >= 0.6 is 0 Å². The molecule has 1 aliphatic carbocycles. The average Bonchev–Trinajstić information content (AvgIpc) is 3.53. The van der Waals surface area contributed by atoms with Crippen molar-refractivity contribution in [1.82, 2.24) is 4.72 Å². The lowest BCUT2D eigenvalue weighted by molar-refractivity contribution is -0.117. The van der Waals surface area contributed by atoms with Crippen LogP contribution in [-0.4, -0.2) is 28.5 Å². The van der Waals surface area contributed by atoms with Gasteiger partial charge in [0.2, 0.25) is 15.9 Å². The highest BCUT2D eigenvalue weighted by Crippen LogP contribution is 2.33. The van der Waals surface area contributed by atoms with Crippen molar-refractivity contribution in [1.29, 1.82) is 0 Å². The molecule has 1 aliphatic rings. The maximum absolute atomic E-state index is 14.4. The number of halogens is 1. The highest BCUT2D eigenvalue weighted by atomic mass is 32.2. The standard InChI is InChI=1S/C20H23FN2O5S/c1-12(13-6-8-15(9-7-13)22-20(24)14-4-5-14)23-29(25,26)19-11-18(28-3)17(27-2)10-16(19)21/h6-12,14,23H,4-5H2,1-3H3,(H,22,24). The third-order valence-electron chi connectivity index (χ3n) is 4.69. The zero-order chi connectivity index (χ0) is 21.2. The van der Waals surface area contributed by atoms with E-state index in [2.05, 4.69) is 10.0 Å². The predicted molar refractivity (Wildman–Crippen MR) is 106 cm³/mol. The monoisotopic (exact) mass is 422 g/mol. The first-order valence-electron chi connectivity index (χ1n) is 9.10. The molecule has 2 N–H and O–H groups in total. The Kier molecular flexibility index (Phi) is 6.09. The van der Waals surface area contributed by atoms with Crippen LogP contribution in [0, 0.1) is 11.7 Å². The number of methoxy groups -OCH3 is 2. The summed E-state index contributed by atoms with van der Waals surface area (Å²) in [5.74, 6) is -0.647. The van der Waals surface area contributed by atoms with Crippen molar-refractivity contribution in [2.75, 3.05) is 19.5 Å². The molecule has 2 aromatic carbocycles. The van der Waals surface area contributed by atoms with Gasteiger partial charge in [0.15, 0.2) is 11.5 Å². The number of carbonyl (C=O) groups is 1. The number of rotatable bonds is 8. The summed E-state index contributed by atoms with van der Waals surface area (Å²) < 4.78 is 52.2. The van der Waals surface area contributed by atoms with E-state index in [1.54, 1.807) is 31.2 Å². The predicted octanol–water partition coefficient (Wildman–Crippen LogP) is 3.23. The van der Waals surface area contributed by atoms with E-state index < -0.39 is 26.8 Å². The SMILES string of the molecule is COc1cc(F)c(S(=O)(=O)NC(C)c2ccc(NC(=O)C3CC3)cc2)cc1OC. The number of sulfonamides is 1. The summed E-state index contributed by atoms with van der Waals surface area (Å²) in [4.78, 5) is 11.3. The highest BCUT2D eigenvalue weighted by Gasteiger charge is 2.29. The third kappa shape index (κ3) is 4.86. The summed E-state index contributed by atoms with van der Waals surface area (Å²) in [6, 6.07) is 8.26. The molecular weight excluding hydrogens is 399 g/mol. The normalized spacial score (nSPS) is 14.9. The lowest BCUT2D eigenvalue weighted by Crippen LogP contribution is -2.27. The van der Waals surface area contributed by atoms with Gasteiger partial charge in [0.1, 0.15) is 10.7 Å². The molecule has 7 nitrogen and oxygen atoms in total. The molecule has 2 aromatic rings. The average molecular weight is 422 g/mol. The third-order valence-corrected chi connectivity index (χ3v) is 6.24. The molecular formula is C20H23FN2O5S. The molecule has 0 bridgehead atoms. The van der Waals surface area contributed by atoms with E-state index in [1.807, 2.05) is 0 Å². The molecule has 0 spiro atoms. The van der Waals surface area contributed by atoms with E-state index in [0.717, 1.165) is 25.0 Å². The van der Waals surface area contributed by atoms with Gasteiger partial charge in [-0.05, 0) is 37.5 Å². The number of amides is 1. The number of anilines is 1. The molecule has 1 atom stereocenters. The molecule has 1 amide bonds. The number of nitrogens with one attached hydrogen (secondary N) is 2. The van der Waals surface area contributed by atoms with Gasteiger partial charge in [0, 0.05) is 29.8 Å². The minimum absolute atomic E-state index is 0.00423. The maximum atomic E-state index is 14.4. The Labute approximate surface area is 169 Å². The lowest BCUT2D eigenvalue weighted by Gasteiger charge is -2.17. The van der Waals surface area contributed by atoms with Gasteiger partial charge in [0.05, 0.1) is 14.2 Å². The summed E-state index contributed by atoms with van der Waals surface area (Å²) in [5, 5.41) is 2.82. The Morgan fingerprint density at radius 3 is 2.24 bits per heavy atom. The van der Waals surface area contributed by atoms with Gasteiger partial charge in [-0.25, -0.2) is 17.5 Å². The van der Waals surface area contributed by atoms with Gasteiger partial charge in [-0.3, -0.25) is 4.79 Å². The van der Waals surface area contributed by atoms with Crippen LogP contribution in [0.4, 0.5) is 10.1 Å². The number of ether oxygens (including phenoxy) is 2. The Hall–Kier alpha value is -2.65. The van der Waals surface area contributed by atoms with Gasteiger partial charge >= 0.3 is 0 Å². The Bertz CT molecular complexity index is 1000. The first-order chi connectivity index (χ1) is 13.7. The van der Waals surface area contributed by atoms with Crippen LogP contribution in [0.5, 0.6) is 11.5 Å². The maximum Gasteiger partial charge on any atom is 0.244 e. The molecule has 1 saturated carbocycles. The smallest absolute Gasteiger partial charge is 0.244 e. The van der Waals surface area contributed by atoms with Crippen LogP contribution in [0.15, 0.2) is 41.3 Å². The Morgan fingerprint density at radius 2 is 1.69 bits per heavy atom. The van der Waals surface area contributed by atoms with Crippen molar-refractivity contribution >= 4 is 21.6 Å². The zero-order valence-corrected chi connectivity index (χ0v) is 17.2. The summed E-state index contributed by atoms with van der Waals surface area (Å²) in [6.07, 6.45) is 1.82. The van der Waals surface area contributed by atoms with Crippen LogP contribution in [0.2, 0.25) is 0 Å². The summed E-state index contributed by atoms with van der Waals surface area (Å²) >= 11 is 0. The minimum atomic E-state index is -4.16. The number of benzene rings is 2. The van der Waals surface area contributed by atoms with Crippen LogP contribution in [0.1, 0.15) is 31.4 Å². The minimum Gasteiger partial charge on any atom is -0.493 e. The highest BCUT2D eigenvalue weighted by molar-refractivity contribution is 7.89. The molecule has 156 valence electrons. The second kappa shape index (κ2) is 8.38. The van der Waals surface area contributed by atoms with Crippen LogP contribution in [0.25, 0.3) is 0 Å². The van der Waals surface area contributed by atoms with Gasteiger partial charge in [-0.2, -0.15) is 0 Å². The molecule has 1 unspecified atom stereocenters. The van der Waals surface area contributed by atoms with E-state index in [4.69, 9.17) is 9.47 Å². The van der Waals surface area contributed by atoms with Crippen LogP contribution in [0.3, 0.4) is 0 Å². The molecule has 3 rings (SSSR count). The van der Waals surface area contributed by atoms with Crippen molar-refractivity contribution in [3.8, 4) is 11.5 Å². The topological polar surface area (TPSA) is 93.7 Å². The molecule has 29 heavy (non-hydrogen) atoms. The summed E-state index contributed by atoms with van der Waals surface area (Å²) in [7, 11) is -1.48. The van der Waals surface area contributed by atoms with Gasteiger partial charge in [-0.15, -0.1) is 0 Å². The number of hydrogen-bond acceptors (Lipinski definition) is 5. The van der Waals surface area contributed by atoms with E-state index in [9.17, 15) is 17.6 Å². The summed E-state index contributed by atoms with van der Waals surface area (Å²) in [5.41, 5.74) is 1.31. The van der Waals surface area contributed by atoms with Crippen molar-refractivity contribution in [2.45, 2.75) is 30.7 Å². The largest absolute Gasteiger partial charge is 0.493 e. The van der Waals surface area contributed by atoms with Crippen molar-refractivity contribution < 1.29 is 27.1 Å². The molecule has 1 fully saturated rings. The van der Waals surface area contributed by atoms with Gasteiger partial charge in [0.25, 0.3) is 0 Å². The first kappa shape index (κ1) is 21.1. The molecule has 0 heterocycles. The fraction of sp³-hybridized carbons (Fsp3) is 0.350. The van der Waals surface area contributed by atoms with Crippen molar-refractivity contribution in [3.05, 3.63) is 47.8 Å². The van der Waals surface area contributed by atoms with Crippen molar-refractivity contribution in [2.24, 2.45) is 5.92 Å².